The van der Waals surface area contributed by atoms with E-state index in [1.54, 1.807) is 18.2 Å². The summed E-state index contributed by atoms with van der Waals surface area (Å²) in [6, 6.07) is 4.45. The van der Waals surface area contributed by atoms with Crippen LogP contribution in [0, 0.1) is 5.92 Å². The molecule has 2 aliphatic rings. The van der Waals surface area contributed by atoms with E-state index in [2.05, 4.69) is 10.6 Å². The zero-order valence-corrected chi connectivity index (χ0v) is 15.8. The minimum absolute atomic E-state index is 0.0541. The molecule has 0 bridgehead atoms. The molecule has 1 aromatic rings. The third-order valence-corrected chi connectivity index (χ3v) is 5.44. The highest BCUT2D eigenvalue weighted by molar-refractivity contribution is 6.10. The van der Waals surface area contributed by atoms with Crippen molar-refractivity contribution in [3.8, 4) is 11.5 Å². The number of hydrogen-bond donors (Lipinski definition) is 2. The predicted molar refractivity (Wildman–Crippen MR) is 98.8 cm³/mol. The van der Waals surface area contributed by atoms with Crippen LogP contribution in [0.4, 0.5) is 10.5 Å². The van der Waals surface area contributed by atoms with E-state index in [0.29, 0.717) is 23.6 Å². The first kappa shape index (κ1) is 19.0. The van der Waals surface area contributed by atoms with E-state index in [1.807, 2.05) is 6.92 Å². The predicted octanol–water partition coefficient (Wildman–Crippen LogP) is 2.14. The van der Waals surface area contributed by atoms with Crippen LogP contribution in [0.25, 0.3) is 0 Å². The number of carbonyl (C=O) groups excluding carboxylic acids is 3. The minimum atomic E-state index is -0.866. The maximum atomic E-state index is 12.9. The average molecular weight is 375 g/mol. The number of imide groups is 1. The Morgan fingerprint density at radius 1 is 1.22 bits per heavy atom. The fourth-order valence-electron chi connectivity index (χ4n) is 3.86. The van der Waals surface area contributed by atoms with Crippen LogP contribution in [0.2, 0.25) is 0 Å². The molecule has 8 nitrogen and oxygen atoms in total. The molecule has 2 atom stereocenters. The number of urea groups is 1. The van der Waals surface area contributed by atoms with Crippen LogP contribution in [0.5, 0.6) is 11.5 Å². The number of methoxy groups -OCH3 is 2. The Balaban J connectivity index is 1.71. The SMILES string of the molecule is COc1cc(NC(=O)CN2C(=O)N[C@]3(CCCC[C@H]3C)C2=O)cc(OC)c1. The maximum absolute atomic E-state index is 12.9. The molecule has 1 spiro atoms. The van der Waals surface area contributed by atoms with Gasteiger partial charge in [0.2, 0.25) is 5.91 Å². The Bertz CT molecular complexity index is 743. The van der Waals surface area contributed by atoms with Crippen molar-refractivity contribution in [3.63, 3.8) is 0 Å². The lowest BCUT2D eigenvalue weighted by Crippen LogP contribution is -2.54. The van der Waals surface area contributed by atoms with Gasteiger partial charge in [0.25, 0.3) is 5.91 Å². The number of benzene rings is 1. The topological polar surface area (TPSA) is 97.0 Å². The van der Waals surface area contributed by atoms with E-state index in [9.17, 15) is 14.4 Å². The summed E-state index contributed by atoms with van der Waals surface area (Å²) in [6.45, 7) is 1.64. The highest BCUT2D eigenvalue weighted by Crippen LogP contribution is 2.38. The zero-order chi connectivity index (χ0) is 19.6. The van der Waals surface area contributed by atoms with Gasteiger partial charge >= 0.3 is 6.03 Å². The van der Waals surface area contributed by atoms with Crippen LogP contribution in [0.1, 0.15) is 32.6 Å². The Kier molecular flexibility index (Phi) is 5.25. The Labute approximate surface area is 158 Å². The Morgan fingerprint density at radius 3 is 2.48 bits per heavy atom. The number of hydrogen-bond acceptors (Lipinski definition) is 5. The van der Waals surface area contributed by atoms with Crippen molar-refractivity contribution >= 4 is 23.5 Å². The molecule has 146 valence electrons. The van der Waals surface area contributed by atoms with Crippen molar-refractivity contribution < 1.29 is 23.9 Å². The summed E-state index contributed by atoms with van der Waals surface area (Å²) in [4.78, 5) is 38.7. The highest BCUT2D eigenvalue weighted by atomic mass is 16.5. The lowest BCUT2D eigenvalue weighted by Gasteiger charge is -2.36. The second-order valence-corrected chi connectivity index (χ2v) is 7.09. The Hall–Kier alpha value is -2.77. The summed E-state index contributed by atoms with van der Waals surface area (Å²) in [5, 5.41) is 5.53. The average Bonchev–Trinajstić information content (AvgIpc) is 2.88. The van der Waals surface area contributed by atoms with Crippen LogP contribution in [0.3, 0.4) is 0 Å². The molecule has 27 heavy (non-hydrogen) atoms. The van der Waals surface area contributed by atoms with Crippen LogP contribution in [0.15, 0.2) is 18.2 Å². The van der Waals surface area contributed by atoms with Crippen LogP contribution >= 0.6 is 0 Å². The highest BCUT2D eigenvalue weighted by Gasteiger charge is 2.55. The summed E-state index contributed by atoms with van der Waals surface area (Å²) in [7, 11) is 3.02. The van der Waals surface area contributed by atoms with Gasteiger partial charge in [-0.15, -0.1) is 0 Å². The third-order valence-electron chi connectivity index (χ3n) is 5.44. The first-order chi connectivity index (χ1) is 12.9. The molecule has 0 aromatic heterocycles. The quantitative estimate of drug-likeness (QED) is 0.769. The maximum Gasteiger partial charge on any atom is 0.325 e. The van der Waals surface area contributed by atoms with Crippen molar-refractivity contribution in [3.05, 3.63) is 18.2 Å². The second kappa shape index (κ2) is 7.46. The normalized spacial score (nSPS) is 24.7. The molecule has 2 fully saturated rings. The van der Waals surface area contributed by atoms with Gasteiger partial charge in [0.1, 0.15) is 23.6 Å². The summed E-state index contributed by atoms with van der Waals surface area (Å²) >= 11 is 0. The zero-order valence-electron chi connectivity index (χ0n) is 15.8. The largest absolute Gasteiger partial charge is 0.497 e. The van der Waals surface area contributed by atoms with Gasteiger partial charge < -0.3 is 20.1 Å². The van der Waals surface area contributed by atoms with E-state index in [-0.39, 0.29) is 18.4 Å². The molecule has 1 saturated heterocycles. The summed E-state index contributed by atoms with van der Waals surface area (Å²) in [5.74, 6) is 0.329. The number of carbonyl (C=O) groups is 3. The van der Waals surface area contributed by atoms with Crippen molar-refractivity contribution in [1.29, 1.82) is 0 Å². The number of ether oxygens (including phenoxy) is 2. The molecular weight excluding hydrogens is 350 g/mol. The molecule has 8 heteroatoms. The van der Waals surface area contributed by atoms with Crippen molar-refractivity contribution in [1.82, 2.24) is 10.2 Å². The lowest BCUT2D eigenvalue weighted by atomic mass is 9.73. The first-order valence-electron chi connectivity index (χ1n) is 9.06. The van der Waals surface area contributed by atoms with Gasteiger partial charge in [-0.25, -0.2) is 4.79 Å². The molecule has 4 amide bonds. The van der Waals surface area contributed by atoms with Crippen LogP contribution in [-0.4, -0.2) is 49.0 Å². The molecule has 0 radical (unpaired) electrons. The van der Waals surface area contributed by atoms with Crippen LogP contribution < -0.4 is 20.1 Å². The van der Waals surface area contributed by atoms with Gasteiger partial charge in [-0.1, -0.05) is 19.8 Å². The summed E-state index contributed by atoms with van der Waals surface area (Å²) in [6.07, 6.45) is 3.43. The van der Waals surface area contributed by atoms with E-state index in [1.165, 1.54) is 14.2 Å². The molecular formula is C19H25N3O5. The molecule has 1 saturated carbocycles. The molecule has 1 aromatic carbocycles. The lowest BCUT2D eigenvalue weighted by molar-refractivity contribution is -0.136. The molecule has 3 rings (SSSR count). The van der Waals surface area contributed by atoms with Gasteiger partial charge in [-0.3, -0.25) is 14.5 Å². The standard InChI is InChI=1S/C19H25N3O5/c1-12-6-4-5-7-19(12)17(24)22(18(25)21-19)11-16(23)20-13-8-14(26-2)10-15(9-13)27-3/h8-10,12H,4-7,11H2,1-3H3,(H,20,23)(H,21,25)/t12-,19+/m1/s1. The molecule has 1 aliphatic heterocycles. The van der Waals surface area contributed by atoms with Gasteiger partial charge in [0.15, 0.2) is 0 Å². The van der Waals surface area contributed by atoms with E-state index >= 15 is 0 Å². The molecule has 2 N–H and O–H groups in total. The second-order valence-electron chi connectivity index (χ2n) is 7.09. The molecule has 1 aliphatic carbocycles. The van der Waals surface area contributed by atoms with Gasteiger partial charge in [0, 0.05) is 23.9 Å². The van der Waals surface area contributed by atoms with Gasteiger partial charge in [-0.05, 0) is 18.8 Å². The monoisotopic (exact) mass is 375 g/mol. The molecule has 1 heterocycles. The number of rotatable bonds is 5. The van der Waals surface area contributed by atoms with E-state index in [0.717, 1.165) is 24.2 Å². The minimum Gasteiger partial charge on any atom is -0.497 e. The van der Waals surface area contributed by atoms with Gasteiger partial charge in [0.05, 0.1) is 14.2 Å². The number of amides is 4. The summed E-state index contributed by atoms with van der Waals surface area (Å²) in [5.41, 5.74) is -0.404. The third kappa shape index (κ3) is 3.56. The van der Waals surface area contributed by atoms with Crippen molar-refractivity contribution in [2.45, 2.75) is 38.1 Å². The van der Waals surface area contributed by atoms with Crippen LogP contribution in [-0.2, 0) is 9.59 Å². The fraction of sp³-hybridized carbons (Fsp3) is 0.526. The number of nitrogens with one attached hydrogen (secondary N) is 2. The van der Waals surface area contributed by atoms with E-state index < -0.39 is 17.5 Å². The Morgan fingerprint density at radius 2 is 1.89 bits per heavy atom. The van der Waals surface area contributed by atoms with Crippen molar-refractivity contribution in [2.75, 3.05) is 26.1 Å². The number of anilines is 1. The summed E-state index contributed by atoms with van der Waals surface area (Å²) < 4.78 is 10.3. The van der Waals surface area contributed by atoms with E-state index in [4.69, 9.17) is 9.47 Å². The smallest absolute Gasteiger partial charge is 0.325 e. The first-order valence-corrected chi connectivity index (χ1v) is 9.06. The van der Waals surface area contributed by atoms with Crippen molar-refractivity contribution in [2.24, 2.45) is 5.92 Å². The number of nitrogens with zero attached hydrogens (tertiary/aromatic N) is 1. The van der Waals surface area contributed by atoms with Gasteiger partial charge in [-0.2, -0.15) is 0 Å². The fourth-order valence-corrected chi connectivity index (χ4v) is 3.86. The molecule has 0 unspecified atom stereocenters.